The van der Waals surface area contributed by atoms with Gasteiger partial charge in [-0.3, -0.25) is 0 Å². The number of benzene rings is 11. The molecule has 270 valence electrons. The van der Waals surface area contributed by atoms with Crippen molar-refractivity contribution in [2.45, 2.75) is 0 Å². The SMILES string of the molecule is c1ccc(-c2c(-c3cccc(-c4cccc(-c5c6ccccc6c(-c6cccc(-c7ccc8ccccc8c7)c6)c6ccccc56)c4)c3)ccc3ccccc23)cc1. The molecule has 0 aliphatic heterocycles. The van der Waals surface area contributed by atoms with E-state index in [9.17, 15) is 0 Å². The average Bonchev–Trinajstić information content (AvgIpc) is 3.30. The Kier molecular flexibility index (Phi) is 8.26. The lowest BCUT2D eigenvalue weighted by molar-refractivity contribution is 1.58. The maximum atomic E-state index is 2.38. The molecule has 11 rings (SSSR count). The van der Waals surface area contributed by atoms with Crippen molar-refractivity contribution in [3.8, 4) is 66.8 Å². The van der Waals surface area contributed by atoms with E-state index in [-0.39, 0.29) is 0 Å². The van der Waals surface area contributed by atoms with Crippen molar-refractivity contribution < 1.29 is 0 Å². The third-order valence-corrected chi connectivity index (χ3v) is 11.8. The van der Waals surface area contributed by atoms with E-state index in [4.69, 9.17) is 0 Å². The van der Waals surface area contributed by atoms with Gasteiger partial charge in [-0.1, -0.05) is 206 Å². The molecule has 0 aromatic heterocycles. The fourth-order valence-corrected chi connectivity index (χ4v) is 9.12. The van der Waals surface area contributed by atoms with Crippen LogP contribution in [0.2, 0.25) is 0 Å². The van der Waals surface area contributed by atoms with Gasteiger partial charge in [0.05, 0.1) is 0 Å². The Morgan fingerprint density at radius 1 is 0.172 bits per heavy atom. The Balaban J connectivity index is 1.05. The first kappa shape index (κ1) is 33.8. The fraction of sp³-hybridized carbons (Fsp3) is 0. The molecule has 0 radical (unpaired) electrons. The van der Waals surface area contributed by atoms with Gasteiger partial charge in [0.25, 0.3) is 0 Å². The van der Waals surface area contributed by atoms with Gasteiger partial charge in [-0.25, -0.2) is 0 Å². The first-order chi connectivity index (χ1) is 28.8. The third-order valence-electron chi connectivity index (χ3n) is 11.8. The summed E-state index contributed by atoms with van der Waals surface area (Å²) in [6.45, 7) is 0. The van der Waals surface area contributed by atoms with Crippen molar-refractivity contribution in [3.05, 3.63) is 231 Å². The molecule has 0 amide bonds. The second kappa shape index (κ2) is 14.2. The summed E-state index contributed by atoms with van der Waals surface area (Å²) in [5.41, 5.74) is 14.7. The molecule has 0 N–H and O–H groups in total. The van der Waals surface area contributed by atoms with Crippen LogP contribution < -0.4 is 0 Å². The van der Waals surface area contributed by atoms with Crippen LogP contribution in [0.4, 0.5) is 0 Å². The Bertz CT molecular complexity index is 3280. The van der Waals surface area contributed by atoms with Crippen LogP contribution in [0.15, 0.2) is 231 Å². The summed E-state index contributed by atoms with van der Waals surface area (Å²) in [4.78, 5) is 0. The number of fused-ring (bicyclic) bond motifs is 4. The lowest BCUT2D eigenvalue weighted by Crippen LogP contribution is -1.92. The van der Waals surface area contributed by atoms with Gasteiger partial charge in [-0.2, -0.15) is 0 Å². The summed E-state index contributed by atoms with van der Waals surface area (Å²) in [6, 6.07) is 84.6. The molecule has 11 aromatic carbocycles. The zero-order valence-electron chi connectivity index (χ0n) is 31.9. The highest BCUT2D eigenvalue weighted by Gasteiger charge is 2.18. The first-order valence-corrected chi connectivity index (χ1v) is 20.1. The van der Waals surface area contributed by atoms with Gasteiger partial charge in [-0.15, -0.1) is 0 Å². The maximum Gasteiger partial charge on any atom is -0.00262 e. The van der Waals surface area contributed by atoms with Crippen LogP contribution in [0.5, 0.6) is 0 Å². The lowest BCUT2D eigenvalue weighted by Gasteiger charge is -2.19. The molecule has 0 spiro atoms. The van der Waals surface area contributed by atoms with E-state index in [0.29, 0.717) is 0 Å². The topological polar surface area (TPSA) is 0 Å². The molecule has 0 saturated heterocycles. The van der Waals surface area contributed by atoms with E-state index in [1.54, 1.807) is 0 Å². The zero-order chi connectivity index (χ0) is 38.4. The van der Waals surface area contributed by atoms with E-state index in [0.717, 1.165) is 0 Å². The predicted octanol–water partition coefficient (Wildman–Crippen LogP) is 16.3. The Hall–Kier alpha value is -7.54. The molecule has 0 heterocycles. The van der Waals surface area contributed by atoms with Crippen LogP contribution in [0.1, 0.15) is 0 Å². The molecule has 0 nitrogen and oxygen atoms in total. The normalized spacial score (nSPS) is 11.4. The average molecular weight is 735 g/mol. The molecule has 0 bridgehead atoms. The van der Waals surface area contributed by atoms with Gasteiger partial charge in [0, 0.05) is 0 Å². The fourth-order valence-electron chi connectivity index (χ4n) is 9.12. The minimum absolute atomic E-state index is 1.20. The molecule has 0 aliphatic rings. The molecule has 0 atom stereocenters. The van der Waals surface area contributed by atoms with Crippen molar-refractivity contribution in [1.29, 1.82) is 0 Å². The van der Waals surface area contributed by atoms with Crippen LogP contribution in [-0.4, -0.2) is 0 Å². The standard InChI is InChI=1S/C58H38/c1-2-17-41(18-3-1)56-50-26-7-6-16-40(50)33-34-51(56)47-23-12-20-43(36-47)44-21-13-24-48(37-44)57-52-27-8-10-29-54(52)58(55-30-11-9-28-53(55)57)49-25-14-22-45(38-49)46-32-31-39-15-4-5-19-42(39)35-46/h1-38H. The third kappa shape index (κ3) is 5.86. The minimum atomic E-state index is 1.20. The molecular formula is C58H38. The summed E-state index contributed by atoms with van der Waals surface area (Å²) in [5, 5.41) is 10.0. The van der Waals surface area contributed by atoms with E-state index < -0.39 is 0 Å². The number of hydrogen-bond acceptors (Lipinski definition) is 0. The van der Waals surface area contributed by atoms with Crippen LogP contribution in [-0.2, 0) is 0 Å². The lowest BCUT2D eigenvalue weighted by atomic mass is 9.84. The van der Waals surface area contributed by atoms with Crippen LogP contribution in [0.3, 0.4) is 0 Å². The summed E-state index contributed by atoms with van der Waals surface area (Å²) in [6.07, 6.45) is 0. The monoisotopic (exact) mass is 734 g/mol. The molecule has 58 heavy (non-hydrogen) atoms. The maximum absolute atomic E-state index is 2.38. The molecule has 0 heteroatoms. The summed E-state index contributed by atoms with van der Waals surface area (Å²) in [7, 11) is 0. The highest BCUT2D eigenvalue weighted by Crippen LogP contribution is 2.45. The second-order valence-corrected chi connectivity index (χ2v) is 15.2. The molecular weight excluding hydrogens is 697 g/mol. The van der Waals surface area contributed by atoms with Gasteiger partial charge in [0.15, 0.2) is 0 Å². The van der Waals surface area contributed by atoms with Gasteiger partial charge >= 0.3 is 0 Å². The van der Waals surface area contributed by atoms with E-state index in [2.05, 4.69) is 231 Å². The second-order valence-electron chi connectivity index (χ2n) is 15.2. The van der Waals surface area contributed by atoms with Crippen molar-refractivity contribution >= 4 is 43.1 Å². The van der Waals surface area contributed by atoms with Crippen LogP contribution in [0.25, 0.3) is 110 Å². The van der Waals surface area contributed by atoms with Crippen molar-refractivity contribution in [3.63, 3.8) is 0 Å². The summed E-state index contributed by atoms with van der Waals surface area (Å²) >= 11 is 0. The molecule has 0 unspecified atom stereocenters. The van der Waals surface area contributed by atoms with Gasteiger partial charge in [0.1, 0.15) is 0 Å². The van der Waals surface area contributed by atoms with E-state index in [1.807, 2.05) is 0 Å². The zero-order valence-corrected chi connectivity index (χ0v) is 31.9. The molecule has 0 fully saturated rings. The van der Waals surface area contributed by atoms with Crippen LogP contribution in [0, 0.1) is 0 Å². The largest absolute Gasteiger partial charge is 0.0622 e. The van der Waals surface area contributed by atoms with Gasteiger partial charge in [0.2, 0.25) is 0 Å². The van der Waals surface area contributed by atoms with E-state index in [1.165, 1.54) is 110 Å². The van der Waals surface area contributed by atoms with Gasteiger partial charge < -0.3 is 0 Å². The van der Waals surface area contributed by atoms with Crippen LogP contribution >= 0.6 is 0 Å². The molecule has 11 aromatic rings. The van der Waals surface area contributed by atoms with Crippen molar-refractivity contribution in [1.82, 2.24) is 0 Å². The highest BCUT2D eigenvalue weighted by atomic mass is 14.2. The Labute approximate surface area is 339 Å². The smallest absolute Gasteiger partial charge is 0.00262 e. The Morgan fingerprint density at radius 3 is 1.16 bits per heavy atom. The first-order valence-electron chi connectivity index (χ1n) is 20.1. The van der Waals surface area contributed by atoms with Crippen molar-refractivity contribution in [2.75, 3.05) is 0 Å². The predicted molar refractivity (Wildman–Crippen MR) is 249 cm³/mol. The van der Waals surface area contributed by atoms with Gasteiger partial charge in [-0.05, 0) is 134 Å². The quantitative estimate of drug-likeness (QED) is 0.149. The summed E-state index contributed by atoms with van der Waals surface area (Å²) < 4.78 is 0. The summed E-state index contributed by atoms with van der Waals surface area (Å²) in [5.74, 6) is 0. The molecule has 0 saturated carbocycles. The van der Waals surface area contributed by atoms with Crippen molar-refractivity contribution in [2.24, 2.45) is 0 Å². The molecule has 0 aliphatic carbocycles. The Morgan fingerprint density at radius 2 is 0.569 bits per heavy atom. The number of hydrogen-bond donors (Lipinski definition) is 0. The number of rotatable bonds is 6. The highest BCUT2D eigenvalue weighted by molar-refractivity contribution is 6.21. The van der Waals surface area contributed by atoms with E-state index >= 15 is 0 Å². The minimum Gasteiger partial charge on any atom is -0.0622 e.